The van der Waals surface area contributed by atoms with Gasteiger partial charge in [-0.1, -0.05) is 0 Å². The summed E-state index contributed by atoms with van der Waals surface area (Å²) in [5.41, 5.74) is 1.91. The lowest BCUT2D eigenvalue weighted by Gasteiger charge is -2.15. The predicted molar refractivity (Wildman–Crippen MR) is 75.8 cm³/mol. The number of pyridine rings is 1. The number of ether oxygens (including phenoxy) is 2. The lowest BCUT2D eigenvalue weighted by molar-refractivity contribution is 0.397. The average Bonchev–Trinajstić information content (AvgIpc) is 2.53. The molecule has 0 aliphatic rings. The van der Waals surface area contributed by atoms with Gasteiger partial charge in [0.25, 0.3) is 0 Å². The monoisotopic (exact) mass is 268 g/mol. The molecule has 0 saturated heterocycles. The molecule has 1 atom stereocenters. The van der Waals surface area contributed by atoms with Crippen LogP contribution < -0.4 is 9.47 Å². The molecule has 0 N–H and O–H groups in total. The van der Waals surface area contributed by atoms with Crippen LogP contribution in [0.2, 0.25) is 0 Å². The summed E-state index contributed by atoms with van der Waals surface area (Å²) < 4.78 is 10.6. The first-order valence-corrected chi connectivity index (χ1v) is 6.29. The molecule has 1 unspecified atom stereocenters. The van der Waals surface area contributed by atoms with Crippen molar-refractivity contribution in [3.8, 4) is 17.6 Å². The zero-order valence-corrected chi connectivity index (χ0v) is 11.5. The quantitative estimate of drug-likeness (QED) is 0.836. The summed E-state index contributed by atoms with van der Waals surface area (Å²) in [6.45, 7) is 0. The van der Waals surface area contributed by atoms with Gasteiger partial charge in [0.05, 0.1) is 26.2 Å². The number of hydrogen-bond donors (Lipinski definition) is 0. The van der Waals surface area contributed by atoms with Crippen LogP contribution in [0.4, 0.5) is 0 Å². The molecule has 1 aromatic carbocycles. The maximum Gasteiger partial charge on any atom is 0.123 e. The molecule has 0 aliphatic carbocycles. The molecule has 0 bridgehead atoms. The molecule has 0 spiro atoms. The predicted octanol–water partition coefficient (Wildman–Crippen LogP) is 2.95. The Morgan fingerprint density at radius 3 is 2.50 bits per heavy atom. The number of benzene rings is 1. The summed E-state index contributed by atoms with van der Waals surface area (Å²) in [4.78, 5) is 3.98. The van der Waals surface area contributed by atoms with Crippen molar-refractivity contribution in [3.63, 3.8) is 0 Å². The van der Waals surface area contributed by atoms with Gasteiger partial charge in [-0.25, -0.2) is 0 Å². The molecule has 0 aliphatic heterocycles. The van der Waals surface area contributed by atoms with Crippen molar-refractivity contribution in [2.24, 2.45) is 0 Å². The minimum Gasteiger partial charge on any atom is -0.497 e. The Morgan fingerprint density at radius 1 is 1.15 bits per heavy atom. The molecule has 1 aromatic heterocycles. The molecule has 0 fully saturated rings. The van der Waals surface area contributed by atoms with Crippen LogP contribution in [0.25, 0.3) is 0 Å². The minimum absolute atomic E-state index is 0.289. The number of nitrogens with zero attached hydrogens (tertiary/aromatic N) is 2. The van der Waals surface area contributed by atoms with Crippen molar-refractivity contribution < 1.29 is 9.47 Å². The normalized spacial score (nSPS) is 11.4. The number of aromatic nitrogens is 1. The molecule has 4 nitrogen and oxygen atoms in total. The standard InChI is InChI=1S/C16H16N2O2/c1-19-14-3-4-16(20-2)15(10-14)13(11-17)9-12-5-7-18-8-6-12/h3-8,10,13H,9H2,1-2H3. The topological polar surface area (TPSA) is 55.1 Å². The van der Waals surface area contributed by atoms with Gasteiger partial charge < -0.3 is 9.47 Å². The van der Waals surface area contributed by atoms with E-state index in [2.05, 4.69) is 11.1 Å². The van der Waals surface area contributed by atoms with E-state index in [9.17, 15) is 5.26 Å². The van der Waals surface area contributed by atoms with Crippen LogP contribution in [0.1, 0.15) is 17.0 Å². The first-order chi connectivity index (χ1) is 9.78. The number of methoxy groups -OCH3 is 2. The van der Waals surface area contributed by atoms with Crippen molar-refractivity contribution in [1.82, 2.24) is 4.98 Å². The van der Waals surface area contributed by atoms with Crippen LogP contribution in [0.5, 0.6) is 11.5 Å². The van der Waals surface area contributed by atoms with E-state index >= 15 is 0 Å². The first kappa shape index (κ1) is 13.9. The van der Waals surface area contributed by atoms with E-state index < -0.39 is 0 Å². The maximum absolute atomic E-state index is 9.46. The lowest BCUT2D eigenvalue weighted by Crippen LogP contribution is -2.03. The molecule has 0 amide bonds. The van der Waals surface area contributed by atoms with Crippen molar-refractivity contribution >= 4 is 0 Å². The van der Waals surface area contributed by atoms with Gasteiger partial charge in [0, 0.05) is 18.0 Å². The van der Waals surface area contributed by atoms with E-state index in [0.29, 0.717) is 12.2 Å². The molecule has 2 aromatic rings. The Bertz CT molecular complexity index is 606. The van der Waals surface area contributed by atoms with Gasteiger partial charge in [0.15, 0.2) is 0 Å². The second-order valence-corrected chi connectivity index (χ2v) is 4.35. The summed E-state index contributed by atoms with van der Waals surface area (Å²) >= 11 is 0. The van der Waals surface area contributed by atoms with Crippen LogP contribution in [0.15, 0.2) is 42.7 Å². The van der Waals surface area contributed by atoms with E-state index in [1.807, 2.05) is 30.3 Å². The van der Waals surface area contributed by atoms with Crippen molar-refractivity contribution in [1.29, 1.82) is 5.26 Å². The molecular formula is C16H16N2O2. The SMILES string of the molecule is COc1ccc(OC)c(C(C#N)Cc2ccncc2)c1. The largest absolute Gasteiger partial charge is 0.497 e. The Labute approximate surface area is 118 Å². The smallest absolute Gasteiger partial charge is 0.123 e. The van der Waals surface area contributed by atoms with Gasteiger partial charge in [-0.15, -0.1) is 0 Å². The lowest BCUT2D eigenvalue weighted by atomic mass is 9.92. The van der Waals surface area contributed by atoms with Gasteiger partial charge in [0.2, 0.25) is 0 Å². The summed E-state index contributed by atoms with van der Waals surface area (Å²) in [5.74, 6) is 1.13. The van der Waals surface area contributed by atoms with Crippen molar-refractivity contribution in [2.45, 2.75) is 12.3 Å². The fourth-order valence-electron chi connectivity index (χ4n) is 2.09. The molecule has 20 heavy (non-hydrogen) atoms. The van der Waals surface area contributed by atoms with Crippen LogP contribution in [-0.2, 0) is 6.42 Å². The van der Waals surface area contributed by atoms with Crippen molar-refractivity contribution in [2.75, 3.05) is 14.2 Å². The Kier molecular flexibility index (Phi) is 4.56. The van der Waals surface area contributed by atoms with Gasteiger partial charge in [-0.3, -0.25) is 4.98 Å². The highest BCUT2D eigenvalue weighted by Gasteiger charge is 2.17. The highest BCUT2D eigenvalue weighted by molar-refractivity contribution is 5.45. The molecule has 0 saturated carbocycles. The van der Waals surface area contributed by atoms with Crippen LogP contribution in [-0.4, -0.2) is 19.2 Å². The third kappa shape index (κ3) is 3.07. The van der Waals surface area contributed by atoms with Gasteiger partial charge in [-0.05, 0) is 42.3 Å². The van der Waals surface area contributed by atoms with E-state index in [-0.39, 0.29) is 5.92 Å². The zero-order chi connectivity index (χ0) is 14.4. The number of rotatable bonds is 5. The Hall–Kier alpha value is -2.54. The van der Waals surface area contributed by atoms with Crippen LogP contribution in [0.3, 0.4) is 0 Å². The summed E-state index contributed by atoms with van der Waals surface area (Å²) in [7, 11) is 3.21. The zero-order valence-electron chi connectivity index (χ0n) is 11.5. The van der Waals surface area contributed by atoms with Crippen LogP contribution in [0, 0.1) is 11.3 Å². The molecule has 4 heteroatoms. The van der Waals surface area contributed by atoms with Gasteiger partial charge in [0.1, 0.15) is 11.5 Å². The Balaban J connectivity index is 2.34. The average molecular weight is 268 g/mol. The fourth-order valence-corrected chi connectivity index (χ4v) is 2.09. The van der Waals surface area contributed by atoms with Crippen LogP contribution >= 0.6 is 0 Å². The molecule has 0 radical (unpaired) electrons. The summed E-state index contributed by atoms with van der Waals surface area (Å²) in [6, 6.07) is 11.7. The molecule has 102 valence electrons. The van der Waals surface area contributed by atoms with Crippen molar-refractivity contribution in [3.05, 3.63) is 53.9 Å². The number of nitriles is 1. The first-order valence-electron chi connectivity index (χ1n) is 6.29. The third-order valence-electron chi connectivity index (χ3n) is 3.16. The Morgan fingerprint density at radius 2 is 1.90 bits per heavy atom. The number of hydrogen-bond acceptors (Lipinski definition) is 4. The second-order valence-electron chi connectivity index (χ2n) is 4.35. The second kappa shape index (κ2) is 6.58. The summed E-state index contributed by atoms with van der Waals surface area (Å²) in [6.07, 6.45) is 4.07. The van der Waals surface area contributed by atoms with Gasteiger partial charge in [-0.2, -0.15) is 5.26 Å². The minimum atomic E-state index is -0.289. The molecule has 2 rings (SSSR count). The highest BCUT2D eigenvalue weighted by Crippen LogP contribution is 2.32. The third-order valence-corrected chi connectivity index (χ3v) is 3.16. The summed E-state index contributed by atoms with van der Waals surface area (Å²) in [5, 5.41) is 9.46. The maximum atomic E-state index is 9.46. The van der Waals surface area contributed by atoms with E-state index in [4.69, 9.17) is 9.47 Å². The van der Waals surface area contributed by atoms with E-state index in [1.54, 1.807) is 26.6 Å². The van der Waals surface area contributed by atoms with Gasteiger partial charge >= 0.3 is 0 Å². The highest BCUT2D eigenvalue weighted by atomic mass is 16.5. The molecule has 1 heterocycles. The van der Waals surface area contributed by atoms with E-state index in [0.717, 1.165) is 16.9 Å². The molecular weight excluding hydrogens is 252 g/mol. The fraction of sp³-hybridized carbons (Fsp3) is 0.250. The van der Waals surface area contributed by atoms with E-state index in [1.165, 1.54) is 0 Å².